The smallest absolute Gasteiger partial charge is 0.0925 e. The summed E-state index contributed by atoms with van der Waals surface area (Å²) in [5.74, 6) is 2.73. The molecule has 0 radical (unpaired) electrons. The molecule has 1 rings (SSSR count). The molecule has 1 aliphatic rings. The van der Waals surface area contributed by atoms with Crippen molar-refractivity contribution >= 4 is 0 Å². The van der Waals surface area contributed by atoms with Crippen molar-refractivity contribution in [2.24, 2.45) is 110 Å². The molecule has 1 saturated heterocycles. The lowest BCUT2D eigenvalue weighted by Crippen LogP contribution is -2.24. The van der Waals surface area contributed by atoms with E-state index in [0.717, 1.165) is 0 Å². The summed E-state index contributed by atoms with van der Waals surface area (Å²) in [6.07, 6.45) is 55.4. The van der Waals surface area contributed by atoms with E-state index in [2.05, 4.69) is 445 Å². The van der Waals surface area contributed by atoms with Crippen LogP contribution in [-0.2, 0) is 4.74 Å². The van der Waals surface area contributed by atoms with Crippen LogP contribution in [-0.4, -0.2) is 22.2 Å². The minimum Gasteiger partial charge on any atom is -0.366 e. The maximum Gasteiger partial charge on any atom is 0.0925 e. The van der Waals surface area contributed by atoms with Crippen LogP contribution in [0.3, 0.4) is 0 Å². The molecule has 6 unspecified atom stereocenters. The van der Waals surface area contributed by atoms with Crippen molar-refractivity contribution in [1.29, 1.82) is 0 Å². The van der Waals surface area contributed by atoms with Crippen molar-refractivity contribution < 1.29 is 15.3 Å². The van der Waals surface area contributed by atoms with Gasteiger partial charge >= 0.3 is 0 Å². The Balaban J connectivity index is -0.000000219. The van der Waals surface area contributed by atoms with Gasteiger partial charge in [-0.2, -0.15) is 0 Å². The second-order valence-electron chi connectivity index (χ2n) is 55.4. The van der Waals surface area contributed by atoms with E-state index in [1.54, 1.807) is 27.9 Å². The van der Waals surface area contributed by atoms with Gasteiger partial charge in [0, 0.05) is 0 Å². The number of hydrogen-bond acceptors (Lipinski definition) is 3. The molecular weight excluding hydrogens is 1590 g/mol. The van der Waals surface area contributed by atoms with Crippen LogP contribution in [0.4, 0.5) is 0 Å². The van der Waals surface area contributed by atoms with Crippen molar-refractivity contribution in [1.82, 2.24) is 0 Å². The fourth-order valence-electron chi connectivity index (χ4n) is 15.9. The molecule has 1 aliphatic heterocycles. The van der Waals surface area contributed by atoms with Gasteiger partial charge in [0.05, 0.1) is 11.7 Å². The van der Waals surface area contributed by atoms with E-state index in [-0.39, 0.29) is 5.60 Å². The zero-order valence-corrected chi connectivity index (χ0v) is 103. The van der Waals surface area contributed by atoms with Crippen LogP contribution in [0.1, 0.15) is 620 Å². The molecule has 131 heavy (non-hydrogen) atoms. The van der Waals surface area contributed by atoms with Gasteiger partial charge in [-0.25, -0.2) is 0 Å². The van der Waals surface area contributed by atoms with Gasteiger partial charge in [0.15, 0.2) is 0 Å². The molecule has 1 heterocycles. The Kier molecular flexibility index (Phi) is 73.5. The number of epoxide rings is 1. The first-order chi connectivity index (χ1) is 58.9. The molecule has 1 fully saturated rings. The van der Waals surface area contributed by atoms with Crippen molar-refractivity contribution in [3.8, 4) is 0 Å². The Morgan fingerprint density at radius 3 is 0.771 bits per heavy atom. The Bertz CT molecular complexity index is 2890. The number of rotatable bonds is 54. The number of hydrogen-bond donors (Lipinski definition) is 2. The third kappa shape index (κ3) is 78.4. The van der Waals surface area contributed by atoms with Crippen LogP contribution >= 0.6 is 0 Å². The Morgan fingerprint density at radius 2 is 0.534 bits per heavy atom. The first-order valence-corrected chi connectivity index (χ1v) is 55.5. The second kappa shape index (κ2) is 66.7. The molecule has 3 nitrogen and oxygen atoms in total. The van der Waals surface area contributed by atoms with E-state index in [0.29, 0.717) is 116 Å². The van der Waals surface area contributed by atoms with Crippen molar-refractivity contribution in [3.05, 3.63) is 82.5 Å². The highest BCUT2D eigenvalue weighted by Gasteiger charge is 2.55. The molecule has 0 amide bonds. The van der Waals surface area contributed by atoms with Crippen molar-refractivity contribution in [2.75, 3.05) is 0 Å². The topological polar surface area (TPSA) is 53.0 Å². The predicted molar refractivity (Wildman–Crippen MR) is 611 cm³/mol. The predicted octanol–water partition coefficient (Wildman–Crippen LogP) is 46.5. The number of ether oxygens (including phenoxy) is 1. The lowest BCUT2D eigenvalue weighted by molar-refractivity contribution is -0.176. The summed E-state index contributed by atoms with van der Waals surface area (Å²) >= 11 is 0. The van der Waals surface area contributed by atoms with Gasteiger partial charge in [-0.3, -0.25) is 10.5 Å². The van der Waals surface area contributed by atoms with Crippen LogP contribution in [0, 0.1) is 110 Å². The molecule has 0 bridgehead atoms. The normalized spacial score (nSPS) is 16.8. The van der Waals surface area contributed by atoms with Gasteiger partial charge in [-0.1, -0.05) is 546 Å². The summed E-state index contributed by atoms with van der Waals surface area (Å²) in [6.45, 7) is 144. The quantitative estimate of drug-likeness (QED) is 0.0276. The van der Waals surface area contributed by atoms with Crippen LogP contribution in [0.15, 0.2) is 82.5 Å². The number of allylic oxidation sites excluding steroid dienone is 12. The summed E-state index contributed by atoms with van der Waals surface area (Å²) in [7, 11) is 0. The Morgan fingerprint density at radius 1 is 0.298 bits per heavy atom. The van der Waals surface area contributed by atoms with Crippen molar-refractivity contribution in [2.45, 2.75) is 632 Å². The third-order valence-corrected chi connectivity index (χ3v) is 33.4. The van der Waals surface area contributed by atoms with E-state index < -0.39 is 0 Å². The molecule has 0 spiro atoms. The highest BCUT2D eigenvalue weighted by Crippen LogP contribution is 2.51. The lowest BCUT2D eigenvalue weighted by Gasteiger charge is -2.31. The molecule has 0 aromatic carbocycles. The van der Waals surface area contributed by atoms with E-state index in [4.69, 9.17) is 15.3 Å². The molecular formula is C128H258O3. The van der Waals surface area contributed by atoms with Gasteiger partial charge in [0.1, 0.15) is 0 Å². The molecule has 0 aromatic rings. The van der Waals surface area contributed by atoms with Crippen molar-refractivity contribution in [3.63, 3.8) is 0 Å². The van der Waals surface area contributed by atoms with Gasteiger partial charge in [-0.15, -0.1) is 0 Å². The zero-order valence-electron chi connectivity index (χ0n) is 103. The van der Waals surface area contributed by atoms with Crippen LogP contribution < -0.4 is 0 Å². The minimum atomic E-state index is 0.159. The third-order valence-electron chi connectivity index (χ3n) is 33.4. The van der Waals surface area contributed by atoms with Crippen LogP contribution in [0.25, 0.3) is 0 Å². The zero-order chi connectivity index (χ0) is 106. The highest BCUT2D eigenvalue weighted by atomic mass is 17.0. The maximum atomic E-state index is 6.00. The van der Waals surface area contributed by atoms with E-state index >= 15 is 0 Å². The van der Waals surface area contributed by atoms with Gasteiger partial charge in [0.25, 0.3) is 0 Å². The summed E-state index contributed by atoms with van der Waals surface area (Å²) in [5.41, 5.74) is 18.2. The standard InChI is InChI=1S/2C17H34.4C16H32.C15H30O.C15H30.H2O2/c2*1-8-15(14-17(6,7)10-3)12-11-13-16(4,5)9-2;4*1-9-15(5,6)11-13(3)14(4)12-16(7,8)10-2;1-8-13(3,4)10-12-15(7,16-12)11-14(5,6)9-2;1-8-14(4,5)11-10-13(3)12-15(6,7)9-2;1-2/h2*12H,8-11,13-14H2,1-7H3;2*11,14H,9-10,12H2,1-8H3;2*14H,3,9-12H2,1-2,4-8H3;12H,8-11H2,1-7H3;10H,8-9,11-12H2,1-7H3;1-2H/b2*15-12+;2*13-11+;;;;13-10+;. The summed E-state index contributed by atoms with van der Waals surface area (Å²) in [5, 5.41) is 12.0. The minimum absolute atomic E-state index is 0.159. The summed E-state index contributed by atoms with van der Waals surface area (Å²) in [6, 6.07) is 0. The molecule has 3 heteroatoms. The largest absolute Gasteiger partial charge is 0.366 e. The van der Waals surface area contributed by atoms with Crippen LogP contribution in [0.5, 0.6) is 0 Å². The molecule has 0 aromatic heterocycles. The highest BCUT2D eigenvalue weighted by molar-refractivity contribution is 5.12. The Hall–Kier alpha value is -1.94. The molecule has 788 valence electrons. The second-order valence-corrected chi connectivity index (χ2v) is 55.4. The lowest BCUT2D eigenvalue weighted by atomic mass is 9.74. The first kappa shape index (κ1) is 144. The molecule has 0 aliphatic carbocycles. The fourth-order valence-corrected chi connectivity index (χ4v) is 15.9. The first-order valence-electron chi connectivity index (χ1n) is 55.5. The monoisotopic (exact) mass is 1840 g/mol. The molecule has 0 saturated carbocycles. The average molecular weight is 1850 g/mol. The molecule has 2 N–H and O–H groups in total. The van der Waals surface area contributed by atoms with E-state index in [9.17, 15) is 0 Å². The van der Waals surface area contributed by atoms with Gasteiger partial charge in [-0.05, 0) is 266 Å². The van der Waals surface area contributed by atoms with Crippen LogP contribution in [0.2, 0.25) is 0 Å². The fraction of sp³-hybridized carbons (Fsp3) is 0.891. The van der Waals surface area contributed by atoms with Gasteiger partial charge in [0.2, 0.25) is 0 Å². The summed E-state index contributed by atoms with van der Waals surface area (Å²) in [4.78, 5) is 0. The van der Waals surface area contributed by atoms with E-state index in [1.807, 2.05) is 0 Å². The Labute approximate surface area is 834 Å². The van der Waals surface area contributed by atoms with E-state index in [1.165, 1.54) is 229 Å². The SMILES string of the molecule is C=C(CC(C)(C)CC)C(C)CC(C)(C)CC.C=C(CC(C)(C)CC)C(C)CC(C)(C)CC.CC/C(=C\CCC(C)(C)CC)CC(C)(C)CC.CC/C(=C\CCC(C)(C)CC)CC(C)(C)CC.CCC(C)(C)/C=C(\C)C(C)CC(C)(C)CC.CCC(C)(C)/C=C(\C)C(C)CC(C)(C)CC.CCC(C)(C)C/C=C(\C)CC(C)(C)CC.CCC(C)(C)CC1OC1(C)CC(C)(C)CC.OO. The molecule has 6 atom stereocenters. The summed E-state index contributed by atoms with van der Waals surface area (Å²) < 4.78 is 5.98. The average Bonchev–Trinajstić information content (AvgIpc) is 1.60. The van der Waals surface area contributed by atoms with Gasteiger partial charge < -0.3 is 4.74 Å². The maximum absolute atomic E-state index is 6.00.